The molecule has 0 aliphatic heterocycles. The normalized spacial score (nSPS) is 28.3. The molecule has 3 unspecified atom stereocenters. The molecule has 1 saturated carbocycles. The molecular formula is C17H26FNO. The number of hydrogen-bond donors (Lipinski definition) is 1. The third kappa shape index (κ3) is 4.03. The van der Waals surface area contributed by atoms with Crippen molar-refractivity contribution in [2.24, 2.45) is 11.8 Å². The highest BCUT2D eigenvalue weighted by Crippen LogP contribution is 2.31. The lowest BCUT2D eigenvalue weighted by atomic mass is 9.82. The summed E-state index contributed by atoms with van der Waals surface area (Å²) < 4.78 is 19.9. The zero-order chi connectivity index (χ0) is 14.5. The molecule has 2 rings (SSSR count). The number of ether oxygens (including phenoxy) is 1. The van der Waals surface area contributed by atoms with Gasteiger partial charge in [0.2, 0.25) is 0 Å². The Hall–Kier alpha value is -0.930. The summed E-state index contributed by atoms with van der Waals surface area (Å²) in [7, 11) is 1.85. The van der Waals surface area contributed by atoms with Crippen molar-refractivity contribution >= 4 is 0 Å². The predicted molar refractivity (Wildman–Crippen MR) is 80.1 cm³/mol. The SMILES string of the molecule is CNC(COC1CC(C)CC(C)C1)c1ccccc1F. The second kappa shape index (κ2) is 7.19. The number of hydrogen-bond acceptors (Lipinski definition) is 2. The second-order valence-corrected chi connectivity index (χ2v) is 6.24. The van der Waals surface area contributed by atoms with Gasteiger partial charge in [-0.25, -0.2) is 4.39 Å². The van der Waals surface area contributed by atoms with E-state index in [-0.39, 0.29) is 11.9 Å². The molecule has 0 aromatic heterocycles. The standard InChI is InChI=1S/C17H26FNO/c1-12-8-13(2)10-14(9-12)20-11-17(19-3)15-6-4-5-7-16(15)18/h4-7,12-14,17,19H,8-11H2,1-3H3. The number of nitrogens with one attached hydrogen (secondary N) is 1. The van der Waals surface area contributed by atoms with E-state index in [4.69, 9.17) is 4.74 Å². The van der Waals surface area contributed by atoms with Crippen LogP contribution in [0.4, 0.5) is 4.39 Å². The van der Waals surface area contributed by atoms with Crippen LogP contribution in [0.5, 0.6) is 0 Å². The van der Waals surface area contributed by atoms with Crippen molar-refractivity contribution in [2.45, 2.75) is 45.3 Å². The Bertz CT molecular complexity index is 413. The Kier molecular flexibility index (Phi) is 5.55. The Balaban J connectivity index is 1.93. The summed E-state index contributed by atoms with van der Waals surface area (Å²) >= 11 is 0. The maximum absolute atomic E-state index is 13.8. The lowest BCUT2D eigenvalue weighted by molar-refractivity contribution is -0.00881. The molecule has 0 heterocycles. The third-order valence-electron chi connectivity index (χ3n) is 4.26. The Morgan fingerprint density at radius 1 is 1.20 bits per heavy atom. The third-order valence-corrected chi connectivity index (χ3v) is 4.26. The van der Waals surface area contributed by atoms with E-state index in [1.54, 1.807) is 6.07 Å². The monoisotopic (exact) mass is 279 g/mol. The molecule has 0 amide bonds. The number of halogens is 1. The summed E-state index contributed by atoms with van der Waals surface area (Å²) in [5, 5.41) is 3.16. The molecule has 3 heteroatoms. The maximum atomic E-state index is 13.8. The first kappa shape index (κ1) is 15.5. The van der Waals surface area contributed by atoms with Gasteiger partial charge in [-0.1, -0.05) is 32.0 Å². The Labute approximate surface area is 121 Å². The summed E-state index contributed by atoms with van der Waals surface area (Å²) in [6.07, 6.45) is 3.86. The van der Waals surface area contributed by atoms with Gasteiger partial charge in [0.1, 0.15) is 5.82 Å². The maximum Gasteiger partial charge on any atom is 0.128 e. The van der Waals surface area contributed by atoms with Crippen molar-refractivity contribution in [3.05, 3.63) is 35.6 Å². The highest BCUT2D eigenvalue weighted by molar-refractivity contribution is 5.21. The molecule has 3 atom stereocenters. The van der Waals surface area contributed by atoms with Gasteiger partial charge in [-0.2, -0.15) is 0 Å². The average Bonchev–Trinajstić information content (AvgIpc) is 2.40. The van der Waals surface area contributed by atoms with Crippen molar-refractivity contribution in [1.82, 2.24) is 5.32 Å². The molecule has 1 N–H and O–H groups in total. The molecule has 1 fully saturated rings. The van der Waals surface area contributed by atoms with Gasteiger partial charge < -0.3 is 10.1 Å². The molecule has 0 spiro atoms. The van der Waals surface area contributed by atoms with Crippen molar-refractivity contribution < 1.29 is 9.13 Å². The number of likely N-dealkylation sites (N-methyl/N-ethyl adjacent to an activating group) is 1. The van der Waals surface area contributed by atoms with Crippen LogP contribution < -0.4 is 5.32 Å². The topological polar surface area (TPSA) is 21.3 Å². The fourth-order valence-corrected chi connectivity index (χ4v) is 3.33. The van der Waals surface area contributed by atoms with E-state index in [2.05, 4.69) is 19.2 Å². The molecule has 1 aromatic carbocycles. The van der Waals surface area contributed by atoms with Crippen molar-refractivity contribution in [3.63, 3.8) is 0 Å². The van der Waals surface area contributed by atoms with Crippen LogP contribution in [0.3, 0.4) is 0 Å². The fraction of sp³-hybridized carbons (Fsp3) is 0.647. The predicted octanol–water partition coefficient (Wildman–Crippen LogP) is 3.93. The quantitative estimate of drug-likeness (QED) is 0.882. The van der Waals surface area contributed by atoms with E-state index in [0.717, 1.165) is 24.7 Å². The van der Waals surface area contributed by atoms with Crippen molar-refractivity contribution in [1.29, 1.82) is 0 Å². The van der Waals surface area contributed by atoms with E-state index in [9.17, 15) is 4.39 Å². The minimum absolute atomic E-state index is 0.0799. The van der Waals surface area contributed by atoms with Gasteiger partial charge in [-0.3, -0.25) is 0 Å². The molecule has 1 aromatic rings. The summed E-state index contributed by atoms with van der Waals surface area (Å²) in [4.78, 5) is 0. The van der Waals surface area contributed by atoms with Crippen LogP contribution in [-0.4, -0.2) is 19.8 Å². The van der Waals surface area contributed by atoms with E-state index < -0.39 is 0 Å². The van der Waals surface area contributed by atoms with Crippen molar-refractivity contribution in [3.8, 4) is 0 Å². The van der Waals surface area contributed by atoms with E-state index in [1.165, 1.54) is 12.5 Å². The molecular weight excluding hydrogens is 253 g/mol. The van der Waals surface area contributed by atoms with Gasteiger partial charge in [0.25, 0.3) is 0 Å². The first-order valence-electron chi connectivity index (χ1n) is 7.63. The van der Waals surface area contributed by atoms with Gasteiger partial charge in [-0.15, -0.1) is 0 Å². The first-order valence-corrected chi connectivity index (χ1v) is 7.63. The lowest BCUT2D eigenvalue weighted by Gasteiger charge is -2.32. The van der Waals surface area contributed by atoms with Crippen LogP contribution in [0.25, 0.3) is 0 Å². The zero-order valence-corrected chi connectivity index (χ0v) is 12.7. The molecule has 0 bridgehead atoms. The van der Waals surface area contributed by atoms with Crippen LogP contribution in [0.1, 0.15) is 44.7 Å². The van der Waals surface area contributed by atoms with E-state index in [0.29, 0.717) is 18.3 Å². The number of rotatable bonds is 5. The Morgan fingerprint density at radius 3 is 2.45 bits per heavy atom. The highest BCUT2D eigenvalue weighted by atomic mass is 19.1. The van der Waals surface area contributed by atoms with Gasteiger partial charge >= 0.3 is 0 Å². The molecule has 1 aliphatic rings. The summed E-state index contributed by atoms with van der Waals surface area (Å²) in [6, 6.07) is 6.84. The summed E-state index contributed by atoms with van der Waals surface area (Å²) in [5.41, 5.74) is 0.687. The van der Waals surface area contributed by atoms with Crippen LogP contribution in [0, 0.1) is 17.7 Å². The van der Waals surface area contributed by atoms with E-state index >= 15 is 0 Å². The van der Waals surface area contributed by atoms with Crippen molar-refractivity contribution in [2.75, 3.05) is 13.7 Å². The number of benzene rings is 1. The lowest BCUT2D eigenvalue weighted by Crippen LogP contribution is -2.30. The first-order chi connectivity index (χ1) is 9.60. The van der Waals surface area contributed by atoms with Gasteiger partial charge in [0, 0.05) is 5.56 Å². The second-order valence-electron chi connectivity index (χ2n) is 6.24. The zero-order valence-electron chi connectivity index (χ0n) is 12.7. The highest BCUT2D eigenvalue weighted by Gasteiger charge is 2.25. The minimum Gasteiger partial charge on any atom is -0.376 e. The van der Waals surface area contributed by atoms with Crippen LogP contribution in [0.15, 0.2) is 24.3 Å². The molecule has 20 heavy (non-hydrogen) atoms. The molecule has 112 valence electrons. The fourth-order valence-electron chi connectivity index (χ4n) is 3.33. The molecule has 2 nitrogen and oxygen atoms in total. The van der Waals surface area contributed by atoms with Gasteiger partial charge in [0.05, 0.1) is 18.8 Å². The Morgan fingerprint density at radius 2 is 1.85 bits per heavy atom. The summed E-state index contributed by atoms with van der Waals surface area (Å²) in [5.74, 6) is 1.29. The molecule has 1 aliphatic carbocycles. The van der Waals surface area contributed by atoms with Crippen LogP contribution in [-0.2, 0) is 4.74 Å². The van der Waals surface area contributed by atoms with Gasteiger partial charge in [-0.05, 0) is 44.2 Å². The van der Waals surface area contributed by atoms with E-state index in [1.807, 2.05) is 19.2 Å². The van der Waals surface area contributed by atoms with Crippen LogP contribution >= 0.6 is 0 Å². The summed E-state index contributed by atoms with van der Waals surface area (Å²) in [6.45, 7) is 5.11. The van der Waals surface area contributed by atoms with Gasteiger partial charge in [0.15, 0.2) is 0 Å². The largest absolute Gasteiger partial charge is 0.376 e. The minimum atomic E-state index is -0.166. The van der Waals surface area contributed by atoms with Crippen LogP contribution in [0.2, 0.25) is 0 Å². The molecule has 0 saturated heterocycles. The average molecular weight is 279 g/mol. The molecule has 0 radical (unpaired) electrons. The smallest absolute Gasteiger partial charge is 0.128 e.